The second-order valence-electron chi connectivity index (χ2n) is 4.31. The molecule has 4 heteroatoms. The predicted molar refractivity (Wildman–Crippen MR) is 63.2 cm³/mol. The van der Waals surface area contributed by atoms with Crippen LogP contribution in [-0.2, 0) is 10.8 Å². The van der Waals surface area contributed by atoms with Crippen molar-refractivity contribution in [2.45, 2.75) is 30.0 Å². The molecule has 4 unspecified atom stereocenters. The van der Waals surface area contributed by atoms with Gasteiger partial charge in [0.1, 0.15) is 5.82 Å². The summed E-state index contributed by atoms with van der Waals surface area (Å²) in [5, 5.41) is 3.28. The highest BCUT2D eigenvalue weighted by atomic mass is 32.2. The van der Waals surface area contributed by atoms with Crippen molar-refractivity contribution < 1.29 is 8.60 Å². The van der Waals surface area contributed by atoms with Crippen molar-refractivity contribution in [3.8, 4) is 0 Å². The van der Waals surface area contributed by atoms with Gasteiger partial charge in [0.2, 0.25) is 0 Å². The fourth-order valence-electron chi connectivity index (χ4n) is 2.31. The van der Waals surface area contributed by atoms with E-state index in [9.17, 15) is 8.60 Å². The SMILES string of the molecule is CNC1c2cc(F)ccc2S(=O)C(C)C1C. The molecule has 0 aromatic heterocycles. The van der Waals surface area contributed by atoms with Crippen LogP contribution in [0.15, 0.2) is 23.1 Å². The first-order chi connectivity index (χ1) is 7.56. The number of halogens is 1. The van der Waals surface area contributed by atoms with Crippen molar-refractivity contribution >= 4 is 10.8 Å². The van der Waals surface area contributed by atoms with E-state index in [0.29, 0.717) is 0 Å². The van der Waals surface area contributed by atoms with Crippen LogP contribution in [0.25, 0.3) is 0 Å². The zero-order chi connectivity index (χ0) is 11.9. The molecule has 1 aromatic rings. The van der Waals surface area contributed by atoms with Crippen molar-refractivity contribution in [1.82, 2.24) is 5.32 Å². The van der Waals surface area contributed by atoms with Gasteiger partial charge in [-0.15, -0.1) is 0 Å². The molecule has 1 heterocycles. The second kappa shape index (κ2) is 4.26. The minimum atomic E-state index is -1.03. The zero-order valence-corrected chi connectivity index (χ0v) is 10.5. The Kier molecular flexibility index (Phi) is 3.13. The van der Waals surface area contributed by atoms with Crippen LogP contribution >= 0.6 is 0 Å². The van der Waals surface area contributed by atoms with E-state index in [1.807, 2.05) is 14.0 Å². The molecule has 4 atom stereocenters. The number of nitrogens with one attached hydrogen (secondary N) is 1. The molecule has 88 valence electrons. The minimum absolute atomic E-state index is 0.0819. The Labute approximate surface area is 97.7 Å². The number of hydrogen-bond acceptors (Lipinski definition) is 2. The average Bonchev–Trinajstić information content (AvgIpc) is 2.27. The van der Waals surface area contributed by atoms with Gasteiger partial charge in [0.05, 0.1) is 10.8 Å². The molecule has 0 aliphatic carbocycles. The highest BCUT2D eigenvalue weighted by molar-refractivity contribution is 7.85. The van der Waals surface area contributed by atoms with Gasteiger partial charge in [-0.25, -0.2) is 4.39 Å². The second-order valence-corrected chi connectivity index (χ2v) is 6.09. The van der Waals surface area contributed by atoms with Gasteiger partial charge >= 0.3 is 0 Å². The molecule has 1 aromatic carbocycles. The summed E-state index contributed by atoms with van der Waals surface area (Å²) in [6.07, 6.45) is 0. The van der Waals surface area contributed by atoms with Crippen molar-refractivity contribution in [2.24, 2.45) is 5.92 Å². The van der Waals surface area contributed by atoms with Crippen LogP contribution in [0.4, 0.5) is 4.39 Å². The Morgan fingerprint density at radius 3 is 2.69 bits per heavy atom. The van der Waals surface area contributed by atoms with Crippen LogP contribution in [0.5, 0.6) is 0 Å². The number of fused-ring (bicyclic) bond motifs is 1. The number of rotatable bonds is 1. The van der Waals surface area contributed by atoms with Gasteiger partial charge in [0.15, 0.2) is 0 Å². The van der Waals surface area contributed by atoms with E-state index in [0.717, 1.165) is 10.5 Å². The highest BCUT2D eigenvalue weighted by Gasteiger charge is 2.35. The summed E-state index contributed by atoms with van der Waals surface area (Å²) in [4.78, 5) is 0.770. The minimum Gasteiger partial charge on any atom is -0.313 e. The summed E-state index contributed by atoms with van der Waals surface area (Å²) in [6, 6.07) is 4.61. The van der Waals surface area contributed by atoms with E-state index in [1.54, 1.807) is 6.07 Å². The largest absolute Gasteiger partial charge is 0.313 e. The van der Waals surface area contributed by atoms with E-state index in [4.69, 9.17) is 0 Å². The Morgan fingerprint density at radius 2 is 2.06 bits per heavy atom. The van der Waals surface area contributed by atoms with Gasteiger partial charge in [-0.05, 0) is 36.7 Å². The van der Waals surface area contributed by atoms with E-state index in [1.165, 1.54) is 12.1 Å². The van der Waals surface area contributed by atoms with Crippen LogP contribution in [-0.4, -0.2) is 16.5 Å². The van der Waals surface area contributed by atoms with E-state index >= 15 is 0 Å². The monoisotopic (exact) mass is 241 g/mol. The Bertz CT molecular complexity index is 435. The molecule has 2 rings (SSSR count). The molecule has 0 bridgehead atoms. The van der Waals surface area contributed by atoms with Crippen LogP contribution in [0.3, 0.4) is 0 Å². The first-order valence-corrected chi connectivity index (χ1v) is 6.65. The molecule has 0 saturated carbocycles. The van der Waals surface area contributed by atoms with Gasteiger partial charge in [0, 0.05) is 16.2 Å². The Morgan fingerprint density at radius 1 is 1.38 bits per heavy atom. The fourth-order valence-corrected chi connectivity index (χ4v) is 3.88. The Hall–Kier alpha value is -0.740. The Balaban J connectivity index is 2.58. The van der Waals surface area contributed by atoms with Gasteiger partial charge < -0.3 is 5.32 Å². The summed E-state index contributed by atoms with van der Waals surface area (Å²) in [7, 11) is 0.831. The number of benzene rings is 1. The molecule has 0 fully saturated rings. The lowest BCUT2D eigenvalue weighted by molar-refractivity contribution is 0.387. The lowest BCUT2D eigenvalue weighted by Gasteiger charge is -2.35. The molecule has 1 aliphatic heterocycles. The van der Waals surface area contributed by atoms with E-state index < -0.39 is 10.8 Å². The highest BCUT2D eigenvalue weighted by Crippen LogP contribution is 2.37. The molecule has 0 radical (unpaired) electrons. The lowest BCUT2D eigenvalue weighted by atomic mass is 9.91. The van der Waals surface area contributed by atoms with Gasteiger partial charge in [0.25, 0.3) is 0 Å². The molecule has 1 N–H and O–H groups in total. The smallest absolute Gasteiger partial charge is 0.123 e. The molecule has 2 nitrogen and oxygen atoms in total. The van der Waals surface area contributed by atoms with Crippen LogP contribution in [0.1, 0.15) is 25.5 Å². The summed E-state index contributed by atoms with van der Waals surface area (Å²) < 4.78 is 25.4. The maximum Gasteiger partial charge on any atom is 0.123 e. The summed E-state index contributed by atoms with van der Waals surface area (Å²) in [6.45, 7) is 4.04. The first-order valence-electron chi connectivity index (χ1n) is 5.43. The third kappa shape index (κ3) is 1.70. The van der Waals surface area contributed by atoms with Crippen LogP contribution < -0.4 is 5.32 Å². The maximum atomic E-state index is 13.2. The summed E-state index contributed by atoms with van der Waals surface area (Å²) >= 11 is 0. The van der Waals surface area contributed by atoms with Crippen molar-refractivity contribution in [1.29, 1.82) is 0 Å². The zero-order valence-electron chi connectivity index (χ0n) is 9.66. The topological polar surface area (TPSA) is 29.1 Å². The summed E-state index contributed by atoms with van der Waals surface area (Å²) in [5.41, 5.74) is 0.839. The molecular formula is C12H16FNOS. The fraction of sp³-hybridized carbons (Fsp3) is 0.500. The molecule has 0 saturated heterocycles. The first kappa shape index (κ1) is 11.7. The molecule has 0 spiro atoms. The van der Waals surface area contributed by atoms with Crippen molar-refractivity contribution in [3.05, 3.63) is 29.6 Å². The van der Waals surface area contributed by atoms with Crippen LogP contribution in [0, 0.1) is 11.7 Å². The third-order valence-corrected chi connectivity index (χ3v) is 5.35. The van der Waals surface area contributed by atoms with Gasteiger partial charge in [-0.2, -0.15) is 0 Å². The van der Waals surface area contributed by atoms with E-state index in [-0.39, 0.29) is 23.0 Å². The molecule has 0 amide bonds. The predicted octanol–water partition coefficient (Wildman–Crippen LogP) is 2.23. The van der Waals surface area contributed by atoms with Crippen LogP contribution in [0.2, 0.25) is 0 Å². The van der Waals surface area contributed by atoms with Crippen molar-refractivity contribution in [2.75, 3.05) is 7.05 Å². The lowest BCUT2D eigenvalue weighted by Crippen LogP contribution is -2.37. The molecule has 1 aliphatic rings. The number of hydrogen-bond donors (Lipinski definition) is 1. The summed E-state index contributed by atoms with van der Waals surface area (Å²) in [5.74, 6) is -0.0297. The molecular weight excluding hydrogens is 225 g/mol. The standard InChI is InChI=1S/C12H16FNOS/c1-7-8(2)16(15)11-5-4-9(13)6-10(11)12(7)14-3/h4-8,12,14H,1-3H3. The molecule has 16 heavy (non-hydrogen) atoms. The van der Waals surface area contributed by atoms with Crippen molar-refractivity contribution in [3.63, 3.8) is 0 Å². The van der Waals surface area contributed by atoms with E-state index in [2.05, 4.69) is 12.2 Å². The normalized spacial score (nSPS) is 33.5. The maximum absolute atomic E-state index is 13.2. The third-order valence-electron chi connectivity index (χ3n) is 3.44. The average molecular weight is 241 g/mol. The quantitative estimate of drug-likeness (QED) is 0.817. The van der Waals surface area contributed by atoms with Gasteiger partial charge in [-0.3, -0.25) is 4.21 Å². The van der Waals surface area contributed by atoms with Gasteiger partial charge in [-0.1, -0.05) is 13.8 Å².